The van der Waals surface area contributed by atoms with Crippen LogP contribution in [-0.2, 0) is 5.41 Å². The molecule has 0 radical (unpaired) electrons. The number of hydrogen-bond acceptors (Lipinski definition) is 4. The molecule has 308 valence electrons. The number of benzene rings is 10. The van der Waals surface area contributed by atoms with E-state index in [2.05, 4.69) is 164 Å². The van der Waals surface area contributed by atoms with E-state index < -0.39 is 5.41 Å². The summed E-state index contributed by atoms with van der Waals surface area (Å²) in [5, 5.41) is 4.35. The summed E-state index contributed by atoms with van der Waals surface area (Å²) in [6.45, 7) is 0. The molecule has 1 aliphatic carbocycles. The van der Waals surface area contributed by atoms with Gasteiger partial charge in [-0.2, -0.15) is 0 Å². The van der Waals surface area contributed by atoms with Gasteiger partial charge in [0.1, 0.15) is 11.2 Å². The predicted molar refractivity (Wildman–Crippen MR) is 269 cm³/mol. The van der Waals surface area contributed by atoms with Crippen LogP contribution in [0.4, 0.5) is 0 Å². The Morgan fingerprint density at radius 1 is 0.318 bits per heavy atom. The molecular weight excluding hydrogens is 803 g/mol. The summed E-state index contributed by atoms with van der Waals surface area (Å²) in [4.78, 5) is 15.1. The van der Waals surface area contributed by atoms with Gasteiger partial charge in [-0.25, -0.2) is 15.0 Å². The minimum Gasteiger partial charge on any atom is -0.456 e. The lowest BCUT2D eigenvalue weighted by atomic mass is 9.67. The second-order valence-corrected chi connectivity index (χ2v) is 17.1. The number of fused-ring (bicyclic) bond motifs is 7. The molecule has 0 atom stereocenters. The Labute approximate surface area is 382 Å². The molecule has 66 heavy (non-hydrogen) atoms. The number of nitrogens with zero attached hydrogens (tertiary/aromatic N) is 3. The van der Waals surface area contributed by atoms with E-state index in [9.17, 15) is 0 Å². The van der Waals surface area contributed by atoms with Crippen molar-refractivity contribution in [3.8, 4) is 67.5 Å². The van der Waals surface area contributed by atoms with Crippen molar-refractivity contribution in [1.82, 2.24) is 15.0 Å². The molecule has 10 aromatic carbocycles. The van der Waals surface area contributed by atoms with Crippen molar-refractivity contribution in [2.24, 2.45) is 0 Å². The monoisotopic (exact) mass is 841 g/mol. The van der Waals surface area contributed by atoms with Crippen LogP contribution in [0.1, 0.15) is 22.3 Å². The fraction of sp³-hybridized carbons (Fsp3) is 0.0161. The largest absolute Gasteiger partial charge is 0.456 e. The highest BCUT2D eigenvalue weighted by Crippen LogP contribution is 2.58. The zero-order chi connectivity index (χ0) is 43.6. The van der Waals surface area contributed by atoms with Gasteiger partial charge in [-0.1, -0.05) is 206 Å². The molecule has 0 saturated carbocycles. The van der Waals surface area contributed by atoms with E-state index in [1.165, 1.54) is 55.3 Å². The van der Waals surface area contributed by atoms with Crippen molar-refractivity contribution in [3.05, 3.63) is 259 Å². The molecule has 0 unspecified atom stereocenters. The standard InChI is InChI=1S/C62H39N3O/c1-5-17-41(18-6-1)59-63-60(42-19-7-2-8-20-42)65-61(64-59)51-27-16-30-56-58(51)52-39-44(35-36-55(52)66-56)43-33-31-40-32-34-45(38-46(40)37-43)49-26-15-29-54-57(49)50-25-13-14-28-53(50)62(54,47-21-9-3-10-22-47)48-23-11-4-12-24-48/h1-39H. The van der Waals surface area contributed by atoms with Gasteiger partial charge in [0.25, 0.3) is 0 Å². The molecule has 2 aromatic heterocycles. The van der Waals surface area contributed by atoms with E-state index in [0.717, 1.165) is 49.8 Å². The Balaban J connectivity index is 0.944. The van der Waals surface area contributed by atoms with Crippen LogP contribution in [0.15, 0.2) is 241 Å². The Hall–Kier alpha value is -8.73. The smallest absolute Gasteiger partial charge is 0.164 e. The SMILES string of the molecule is c1ccc(-c2nc(-c3ccccc3)nc(-c3cccc4oc5ccc(-c6ccc7ccc(-c8cccc9c8-c8ccccc8C9(c8ccccc8)c8ccccc8)cc7c6)cc5c34)n2)cc1. The van der Waals surface area contributed by atoms with Gasteiger partial charge in [0.2, 0.25) is 0 Å². The molecule has 0 fully saturated rings. The van der Waals surface area contributed by atoms with Crippen LogP contribution in [0.2, 0.25) is 0 Å². The van der Waals surface area contributed by atoms with Crippen LogP contribution < -0.4 is 0 Å². The molecule has 0 aliphatic heterocycles. The first kappa shape index (κ1) is 37.8. The van der Waals surface area contributed by atoms with Gasteiger partial charge in [0, 0.05) is 27.5 Å². The number of hydrogen-bond donors (Lipinski definition) is 0. The molecule has 0 bridgehead atoms. The summed E-state index contributed by atoms with van der Waals surface area (Å²) in [6, 6.07) is 84.3. The van der Waals surface area contributed by atoms with Gasteiger partial charge in [0.05, 0.1) is 5.41 Å². The fourth-order valence-electron chi connectivity index (χ4n) is 10.4. The Bertz CT molecular complexity index is 3710. The van der Waals surface area contributed by atoms with E-state index in [1.54, 1.807) is 0 Å². The Morgan fingerprint density at radius 2 is 0.833 bits per heavy atom. The van der Waals surface area contributed by atoms with E-state index >= 15 is 0 Å². The third kappa shape index (κ3) is 5.96. The molecule has 0 N–H and O–H groups in total. The highest BCUT2D eigenvalue weighted by atomic mass is 16.3. The van der Waals surface area contributed by atoms with Crippen LogP contribution in [0.5, 0.6) is 0 Å². The van der Waals surface area contributed by atoms with E-state index in [4.69, 9.17) is 19.4 Å². The third-order valence-electron chi connectivity index (χ3n) is 13.4. The molecule has 0 saturated heterocycles. The topological polar surface area (TPSA) is 51.8 Å². The molecule has 0 amide bonds. The zero-order valence-corrected chi connectivity index (χ0v) is 35.8. The van der Waals surface area contributed by atoms with E-state index in [0.29, 0.717) is 17.5 Å². The van der Waals surface area contributed by atoms with Crippen molar-refractivity contribution in [2.45, 2.75) is 5.41 Å². The maximum Gasteiger partial charge on any atom is 0.164 e. The normalized spacial score (nSPS) is 12.7. The van der Waals surface area contributed by atoms with Gasteiger partial charge in [-0.05, 0) is 96.7 Å². The van der Waals surface area contributed by atoms with Gasteiger partial charge in [-0.3, -0.25) is 0 Å². The van der Waals surface area contributed by atoms with Crippen LogP contribution >= 0.6 is 0 Å². The number of aromatic nitrogens is 3. The highest BCUT2D eigenvalue weighted by molar-refractivity contribution is 6.13. The summed E-state index contributed by atoms with van der Waals surface area (Å²) in [6.07, 6.45) is 0. The Morgan fingerprint density at radius 3 is 1.53 bits per heavy atom. The molecule has 1 aliphatic rings. The van der Waals surface area contributed by atoms with Crippen molar-refractivity contribution in [3.63, 3.8) is 0 Å². The van der Waals surface area contributed by atoms with Crippen LogP contribution in [0, 0.1) is 0 Å². The minimum atomic E-state index is -0.456. The second-order valence-electron chi connectivity index (χ2n) is 17.1. The summed E-state index contributed by atoms with van der Waals surface area (Å²) in [5.74, 6) is 1.84. The summed E-state index contributed by atoms with van der Waals surface area (Å²) in [5.41, 5.74) is 16.2. The minimum absolute atomic E-state index is 0.456. The first-order valence-corrected chi connectivity index (χ1v) is 22.4. The average Bonchev–Trinajstić information content (AvgIpc) is 3.93. The molecule has 4 heteroatoms. The van der Waals surface area contributed by atoms with Crippen molar-refractivity contribution >= 4 is 32.7 Å². The first-order valence-electron chi connectivity index (χ1n) is 22.4. The first-order chi connectivity index (χ1) is 32.7. The molecular formula is C62H39N3O. The zero-order valence-electron chi connectivity index (χ0n) is 35.8. The summed E-state index contributed by atoms with van der Waals surface area (Å²) in [7, 11) is 0. The second kappa shape index (κ2) is 15.2. The van der Waals surface area contributed by atoms with Crippen molar-refractivity contribution in [1.29, 1.82) is 0 Å². The quantitative estimate of drug-likeness (QED) is 0.160. The summed E-state index contributed by atoms with van der Waals surface area (Å²) >= 11 is 0. The molecule has 0 spiro atoms. The van der Waals surface area contributed by atoms with Crippen LogP contribution in [-0.4, -0.2) is 15.0 Å². The van der Waals surface area contributed by atoms with Crippen molar-refractivity contribution < 1.29 is 4.42 Å². The lowest BCUT2D eigenvalue weighted by molar-refractivity contribution is 0.669. The van der Waals surface area contributed by atoms with Crippen LogP contribution in [0.3, 0.4) is 0 Å². The third-order valence-corrected chi connectivity index (χ3v) is 13.4. The lowest BCUT2D eigenvalue weighted by Crippen LogP contribution is -2.28. The van der Waals surface area contributed by atoms with Crippen molar-refractivity contribution in [2.75, 3.05) is 0 Å². The van der Waals surface area contributed by atoms with Gasteiger partial charge in [0.15, 0.2) is 17.5 Å². The molecule has 2 heterocycles. The Kier molecular flexibility index (Phi) is 8.72. The lowest BCUT2D eigenvalue weighted by Gasteiger charge is -2.34. The number of rotatable bonds is 7. The van der Waals surface area contributed by atoms with Gasteiger partial charge >= 0.3 is 0 Å². The maximum absolute atomic E-state index is 6.53. The van der Waals surface area contributed by atoms with Crippen LogP contribution in [0.25, 0.3) is 100 Å². The fourth-order valence-corrected chi connectivity index (χ4v) is 10.4. The number of furan rings is 1. The molecule has 12 aromatic rings. The van der Waals surface area contributed by atoms with E-state index in [-0.39, 0.29) is 0 Å². The highest BCUT2D eigenvalue weighted by Gasteiger charge is 2.46. The molecule has 4 nitrogen and oxygen atoms in total. The molecule has 13 rings (SSSR count). The summed E-state index contributed by atoms with van der Waals surface area (Å²) < 4.78 is 6.53. The van der Waals surface area contributed by atoms with Gasteiger partial charge in [-0.15, -0.1) is 0 Å². The average molecular weight is 842 g/mol. The maximum atomic E-state index is 6.53. The van der Waals surface area contributed by atoms with E-state index in [1.807, 2.05) is 72.8 Å². The van der Waals surface area contributed by atoms with Gasteiger partial charge < -0.3 is 4.42 Å². The predicted octanol–water partition coefficient (Wildman–Crippen LogP) is 15.6.